The topological polar surface area (TPSA) is 46.9 Å². The number of carbonyl (C=O) groups excluding carboxylic acids is 1. The van der Waals surface area contributed by atoms with Gasteiger partial charge in [-0.1, -0.05) is 29.8 Å². The van der Waals surface area contributed by atoms with Crippen LogP contribution in [-0.2, 0) is 11.8 Å². The molecule has 98 valence electrons. The number of aryl methyl sites for hydroxylation is 2. The largest absolute Gasteiger partial charge is 0.311 e. The first-order chi connectivity index (χ1) is 9.08. The predicted octanol–water partition coefficient (Wildman–Crippen LogP) is 2.86. The number of nitrogens with zero attached hydrogens (tertiary/aromatic N) is 2. The maximum atomic E-state index is 11.9. The van der Waals surface area contributed by atoms with Gasteiger partial charge in [-0.25, -0.2) is 0 Å². The molecule has 1 aromatic carbocycles. The fraction of sp³-hybridized carbons (Fsp3) is 0.286. The summed E-state index contributed by atoms with van der Waals surface area (Å²) in [5.74, 6) is 0.755. The van der Waals surface area contributed by atoms with E-state index < -0.39 is 0 Å². The van der Waals surface area contributed by atoms with Crippen LogP contribution in [0.3, 0.4) is 0 Å². The number of amides is 1. The van der Waals surface area contributed by atoms with E-state index in [2.05, 4.69) is 10.4 Å². The van der Waals surface area contributed by atoms with E-state index in [4.69, 9.17) is 11.6 Å². The molecule has 1 amide bonds. The highest BCUT2D eigenvalue weighted by Gasteiger charge is 2.32. The summed E-state index contributed by atoms with van der Waals surface area (Å²) < 4.78 is 1.71. The van der Waals surface area contributed by atoms with Gasteiger partial charge in [0.15, 0.2) is 0 Å². The molecule has 1 N–H and O–H groups in total. The first-order valence-electron chi connectivity index (χ1n) is 6.15. The number of aromatic nitrogens is 2. The van der Waals surface area contributed by atoms with Crippen molar-refractivity contribution in [3.63, 3.8) is 0 Å². The smallest absolute Gasteiger partial charge is 0.226 e. The van der Waals surface area contributed by atoms with Crippen molar-refractivity contribution >= 4 is 23.3 Å². The number of halogens is 1. The van der Waals surface area contributed by atoms with Crippen LogP contribution in [0, 0.1) is 6.92 Å². The summed E-state index contributed by atoms with van der Waals surface area (Å²) in [6.07, 6.45) is 0.406. The van der Waals surface area contributed by atoms with Crippen LogP contribution in [0.15, 0.2) is 24.3 Å². The number of benzene rings is 1. The monoisotopic (exact) mass is 275 g/mol. The molecule has 4 nitrogen and oxygen atoms in total. The van der Waals surface area contributed by atoms with Crippen molar-refractivity contribution in [1.82, 2.24) is 9.78 Å². The number of nitrogens with one attached hydrogen (secondary N) is 1. The fourth-order valence-corrected chi connectivity index (χ4v) is 3.00. The summed E-state index contributed by atoms with van der Waals surface area (Å²) in [6.45, 7) is 1.96. The summed E-state index contributed by atoms with van der Waals surface area (Å²) in [7, 11) is 1.83. The minimum Gasteiger partial charge on any atom is -0.311 e. The Hall–Kier alpha value is -1.81. The lowest BCUT2D eigenvalue weighted by Gasteiger charge is -2.24. The number of hydrogen-bond donors (Lipinski definition) is 1. The summed E-state index contributed by atoms with van der Waals surface area (Å²) in [4.78, 5) is 11.9. The van der Waals surface area contributed by atoms with Crippen LogP contribution in [0.2, 0.25) is 5.02 Å². The third-order valence-electron chi connectivity index (χ3n) is 3.54. The summed E-state index contributed by atoms with van der Waals surface area (Å²) >= 11 is 6.27. The number of anilines is 1. The summed E-state index contributed by atoms with van der Waals surface area (Å²) in [5, 5.41) is 7.97. The summed E-state index contributed by atoms with van der Waals surface area (Å²) in [6, 6.07) is 7.67. The molecular weight excluding hydrogens is 262 g/mol. The van der Waals surface area contributed by atoms with Crippen molar-refractivity contribution in [2.45, 2.75) is 19.3 Å². The Bertz CT molecular complexity index is 663. The van der Waals surface area contributed by atoms with Gasteiger partial charge in [0, 0.05) is 30.0 Å². The van der Waals surface area contributed by atoms with Gasteiger partial charge in [0.05, 0.1) is 5.69 Å². The van der Waals surface area contributed by atoms with Crippen molar-refractivity contribution in [3.8, 4) is 0 Å². The van der Waals surface area contributed by atoms with Gasteiger partial charge in [-0.05, 0) is 18.6 Å². The van der Waals surface area contributed by atoms with Crippen molar-refractivity contribution in [3.05, 3.63) is 46.1 Å². The van der Waals surface area contributed by atoms with Crippen molar-refractivity contribution in [1.29, 1.82) is 0 Å². The van der Waals surface area contributed by atoms with E-state index in [0.717, 1.165) is 22.6 Å². The fourth-order valence-electron chi connectivity index (χ4n) is 2.73. The highest BCUT2D eigenvalue weighted by atomic mass is 35.5. The van der Waals surface area contributed by atoms with Gasteiger partial charge in [-0.15, -0.1) is 0 Å². The van der Waals surface area contributed by atoms with Gasteiger partial charge < -0.3 is 5.32 Å². The van der Waals surface area contributed by atoms with Gasteiger partial charge in [0.25, 0.3) is 0 Å². The zero-order valence-electron chi connectivity index (χ0n) is 10.8. The Morgan fingerprint density at radius 1 is 1.42 bits per heavy atom. The van der Waals surface area contributed by atoms with Crippen molar-refractivity contribution in [2.75, 3.05) is 5.32 Å². The lowest BCUT2D eigenvalue weighted by Crippen LogP contribution is -2.24. The number of fused-ring (bicyclic) bond motifs is 1. The Morgan fingerprint density at radius 2 is 2.16 bits per heavy atom. The van der Waals surface area contributed by atoms with Gasteiger partial charge in [-0.2, -0.15) is 5.10 Å². The molecule has 0 saturated heterocycles. The lowest BCUT2D eigenvalue weighted by atomic mass is 9.86. The van der Waals surface area contributed by atoms with Crippen LogP contribution in [0.4, 0.5) is 5.82 Å². The maximum Gasteiger partial charge on any atom is 0.226 e. The third kappa shape index (κ3) is 1.92. The average Bonchev–Trinajstić information content (AvgIpc) is 2.65. The van der Waals surface area contributed by atoms with E-state index in [1.807, 2.05) is 38.2 Å². The quantitative estimate of drug-likeness (QED) is 0.870. The zero-order chi connectivity index (χ0) is 13.6. The van der Waals surface area contributed by atoms with E-state index in [-0.39, 0.29) is 11.8 Å². The molecular formula is C14H14ClN3O. The Kier molecular flexibility index (Phi) is 2.82. The number of rotatable bonds is 1. The highest BCUT2D eigenvalue weighted by molar-refractivity contribution is 6.31. The molecule has 3 rings (SSSR count). The average molecular weight is 276 g/mol. The molecule has 0 fully saturated rings. The standard InChI is InChI=1S/C14H14ClN3O/c1-8-13-10(9-5-3-4-6-11(9)15)7-12(19)16-14(13)18(2)17-8/h3-6,10H,7H2,1-2H3,(H,16,19). The van der Waals surface area contributed by atoms with Gasteiger partial charge in [-0.3, -0.25) is 9.48 Å². The van der Waals surface area contributed by atoms with Crippen LogP contribution >= 0.6 is 11.6 Å². The molecule has 2 aromatic rings. The predicted molar refractivity (Wildman–Crippen MR) is 74.5 cm³/mol. The van der Waals surface area contributed by atoms with Crippen LogP contribution < -0.4 is 5.32 Å². The summed E-state index contributed by atoms with van der Waals surface area (Å²) in [5.41, 5.74) is 2.98. The molecule has 2 heterocycles. The maximum absolute atomic E-state index is 11.9. The molecule has 1 unspecified atom stereocenters. The van der Waals surface area contributed by atoms with Gasteiger partial charge >= 0.3 is 0 Å². The molecule has 1 atom stereocenters. The zero-order valence-corrected chi connectivity index (χ0v) is 11.5. The van der Waals surface area contributed by atoms with E-state index >= 15 is 0 Å². The molecule has 0 aliphatic carbocycles. The minimum atomic E-state index is -0.0221. The van der Waals surface area contributed by atoms with Gasteiger partial charge in [0.2, 0.25) is 5.91 Å². The molecule has 0 radical (unpaired) electrons. The Morgan fingerprint density at radius 3 is 2.89 bits per heavy atom. The first kappa shape index (κ1) is 12.2. The number of hydrogen-bond acceptors (Lipinski definition) is 2. The molecule has 19 heavy (non-hydrogen) atoms. The van der Waals surface area contributed by atoms with Crippen molar-refractivity contribution in [2.24, 2.45) is 7.05 Å². The van der Waals surface area contributed by atoms with Crippen LogP contribution in [-0.4, -0.2) is 15.7 Å². The van der Waals surface area contributed by atoms with E-state index in [1.54, 1.807) is 4.68 Å². The SMILES string of the molecule is Cc1nn(C)c2c1C(c1ccccc1Cl)CC(=O)N2. The molecule has 5 heteroatoms. The normalized spacial score (nSPS) is 18.1. The van der Waals surface area contributed by atoms with E-state index in [1.165, 1.54) is 0 Å². The molecule has 0 saturated carbocycles. The lowest BCUT2D eigenvalue weighted by molar-refractivity contribution is -0.116. The van der Waals surface area contributed by atoms with Crippen LogP contribution in [0.1, 0.15) is 29.2 Å². The first-order valence-corrected chi connectivity index (χ1v) is 6.53. The molecule has 0 spiro atoms. The van der Waals surface area contributed by atoms with E-state index in [9.17, 15) is 4.79 Å². The van der Waals surface area contributed by atoms with Crippen LogP contribution in [0.5, 0.6) is 0 Å². The van der Waals surface area contributed by atoms with Crippen molar-refractivity contribution < 1.29 is 4.79 Å². The molecule has 1 aromatic heterocycles. The third-order valence-corrected chi connectivity index (χ3v) is 3.89. The Balaban J connectivity index is 2.19. The highest BCUT2D eigenvalue weighted by Crippen LogP contribution is 2.40. The van der Waals surface area contributed by atoms with E-state index in [0.29, 0.717) is 11.4 Å². The van der Waals surface area contributed by atoms with Gasteiger partial charge in [0.1, 0.15) is 5.82 Å². The minimum absolute atomic E-state index is 0.000389. The molecule has 1 aliphatic heterocycles. The number of carbonyl (C=O) groups is 1. The molecule has 0 bridgehead atoms. The Labute approximate surface area is 116 Å². The molecule has 1 aliphatic rings. The second kappa shape index (κ2) is 4.38. The second-order valence-corrected chi connectivity index (χ2v) is 5.20. The second-order valence-electron chi connectivity index (χ2n) is 4.80. The van der Waals surface area contributed by atoms with Crippen LogP contribution in [0.25, 0.3) is 0 Å².